The molecule has 23 heteroatoms. The quantitative estimate of drug-likeness (QED) is 0.0227. The Morgan fingerprint density at radius 3 is 1.91 bits per heavy atom. The summed E-state index contributed by atoms with van der Waals surface area (Å²) in [6, 6.07) is 9.26. The lowest BCUT2D eigenvalue weighted by Gasteiger charge is -2.30. The summed E-state index contributed by atoms with van der Waals surface area (Å²) in [4.78, 5) is 95.2. The zero-order valence-corrected chi connectivity index (χ0v) is 39.8. The molecule has 1 heterocycles. The van der Waals surface area contributed by atoms with Crippen LogP contribution >= 0.6 is 12.2 Å². The second-order valence-electron chi connectivity index (χ2n) is 17.3. The average molecular weight is 995 g/mol. The maximum atomic E-state index is 12.6. The standard InChI is InChI=1S/C47H58N6O16S/c1-46(2,16-18-50-45(70)51-26-5-8-29(32(23-26)41(60)61)40-30-9-6-27(54)24-35(30)69-36-25-28(55)7-10-31(36)40)68-22-17-47(3,4)67-21-15-38(57)49-20-19-48-37(56)13-11-33(42(62)63)52-44(66)53-34(43(64)65)12-14-39(58)59/h5-10,23-25,33-34,54H,11-22H2,1-4H3,(H,48,56)(H,49,57)(H,58,59)(H,60,61)(H,62,63)(H,64,65)(H2,50,51,70)(H2,52,53,66)/t33-,34-/m0/s1. The second-order valence-corrected chi connectivity index (χ2v) is 17.7. The molecule has 0 fully saturated rings. The molecule has 1 aliphatic heterocycles. The van der Waals surface area contributed by atoms with E-state index >= 15 is 0 Å². The van der Waals surface area contributed by atoms with Crippen LogP contribution in [0.5, 0.6) is 5.75 Å². The number of phenolic OH excluding ortho intramolecular Hbond substituents is 1. The Hall–Kier alpha value is -7.37. The molecule has 2 atom stereocenters. The smallest absolute Gasteiger partial charge is 0.336 e. The molecule has 4 amide bonds. The minimum absolute atomic E-state index is 0.0305. The highest BCUT2D eigenvalue weighted by molar-refractivity contribution is 7.80. The topological polar surface area (TPSA) is 341 Å². The van der Waals surface area contributed by atoms with E-state index < -0.39 is 71.9 Å². The maximum absolute atomic E-state index is 12.6. The van der Waals surface area contributed by atoms with E-state index in [0.29, 0.717) is 53.8 Å². The number of aromatic hydroxyl groups is 1. The minimum atomic E-state index is -1.57. The van der Waals surface area contributed by atoms with E-state index in [2.05, 4.69) is 26.6 Å². The fourth-order valence-electron chi connectivity index (χ4n) is 6.95. The molecule has 2 aromatic carbocycles. The number of carbonyl (C=O) groups excluding carboxylic acids is 3. The number of carboxylic acids is 4. The van der Waals surface area contributed by atoms with Crippen LogP contribution in [-0.2, 0) is 33.4 Å². The Bertz CT molecular complexity index is 2600. The number of urea groups is 1. The van der Waals surface area contributed by atoms with Crippen molar-refractivity contribution >= 4 is 75.7 Å². The summed E-state index contributed by atoms with van der Waals surface area (Å²) >= 11 is 5.52. The monoisotopic (exact) mass is 994 g/mol. The highest BCUT2D eigenvalue weighted by atomic mass is 32.1. The third-order valence-electron chi connectivity index (χ3n) is 10.8. The average Bonchev–Trinajstić information content (AvgIpc) is 3.26. The molecule has 0 spiro atoms. The largest absolute Gasteiger partial charge is 0.508 e. The fourth-order valence-corrected chi connectivity index (χ4v) is 7.17. The van der Waals surface area contributed by atoms with Crippen molar-refractivity contribution in [2.75, 3.05) is 38.2 Å². The Morgan fingerprint density at radius 1 is 0.686 bits per heavy atom. The van der Waals surface area contributed by atoms with Gasteiger partial charge in [0.1, 0.15) is 29.2 Å². The van der Waals surface area contributed by atoms with Gasteiger partial charge in [-0.2, -0.15) is 0 Å². The number of hydrogen-bond acceptors (Lipinski definition) is 13. The number of hydrogen-bond donors (Lipinski definition) is 11. The van der Waals surface area contributed by atoms with Crippen molar-refractivity contribution in [3.05, 3.63) is 70.4 Å². The number of aliphatic carboxylic acids is 3. The number of ether oxygens (including phenoxy) is 2. The van der Waals surface area contributed by atoms with E-state index in [1.165, 1.54) is 30.3 Å². The molecule has 0 aromatic heterocycles. The molecule has 0 unspecified atom stereocenters. The van der Waals surface area contributed by atoms with Crippen LogP contribution in [0, 0.1) is 0 Å². The number of thiocarbonyl (C=S) groups is 1. The summed E-state index contributed by atoms with van der Waals surface area (Å²) in [6.07, 6.45) is -0.539. The van der Waals surface area contributed by atoms with Crippen LogP contribution in [0.1, 0.15) is 83.0 Å². The number of carbonyl (C=O) groups is 7. The number of anilines is 1. The van der Waals surface area contributed by atoms with Gasteiger partial charge in [0.05, 0.1) is 30.0 Å². The summed E-state index contributed by atoms with van der Waals surface area (Å²) in [7, 11) is 0. The van der Waals surface area contributed by atoms with Gasteiger partial charge in [-0.15, -0.1) is 0 Å². The summed E-state index contributed by atoms with van der Waals surface area (Å²) < 4.78 is 18.0. The van der Waals surface area contributed by atoms with Crippen molar-refractivity contribution in [1.29, 1.82) is 0 Å². The lowest BCUT2D eigenvalue weighted by molar-refractivity contribution is -0.141. The van der Waals surface area contributed by atoms with Crippen LogP contribution in [0.2, 0.25) is 0 Å². The first-order valence-electron chi connectivity index (χ1n) is 22.1. The molecule has 22 nitrogen and oxygen atoms in total. The van der Waals surface area contributed by atoms with Crippen LogP contribution in [0.4, 0.5) is 10.5 Å². The molecule has 378 valence electrons. The number of benzene rings is 3. The summed E-state index contributed by atoms with van der Waals surface area (Å²) in [5.41, 5.74) is 0.555. The Kier molecular flexibility index (Phi) is 20.0. The van der Waals surface area contributed by atoms with Gasteiger partial charge in [0.2, 0.25) is 11.8 Å². The maximum Gasteiger partial charge on any atom is 0.336 e. The first-order valence-corrected chi connectivity index (χ1v) is 22.5. The van der Waals surface area contributed by atoms with Gasteiger partial charge in [-0.3, -0.25) is 19.2 Å². The minimum Gasteiger partial charge on any atom is -0.508 e. The zero-order chi connectivity index (χ0) is 51.8. The first kappa shape index (κ1) is 55.2. The SMILES string of the molecule is CC(C)(CCNC(=S)Nc1ccc(-c2c3ccc(=O)cc-3oc3cc(O)ccc23)c(C(=O)O)c1)OCCC(C)(C)OCCC(=O)NCCNC(=O)CC[C@H](NC(=O)N[C@@H](CCC(=O)O)C(=O)O)C(=O)O. The third kappa shape index (κ3) is 17.6. The van der Waals surface area contributed by atoms with Gasteiger partial charge < -0.3 is 71.3 Å². The molecular formula is C47H58N6O16S. The van der Waals surface area contributed by atoms with E-state index in [0.717, 1.165) is 0 Å². The molecule has 11 N–H and O–H groups in total. The molecule has 0 radical (unpaired) electrons. The van der Waals surface area contributed by atoms with Gasteiger partial charge in [-0.1, -0.05) is 6.07 Å². The first-order chi connectivity index (χ1) is 32.9. The van der Waals surface area contributed by atoms with Crippen LogP contribution in [0.25, 0.3) is 33.4 Å². The van der Waals surface area contributed by atoms with Crippen molar-refractivity contribution in [2.45, 2.75) is 95.9 Å². The van der Waals surface area contributed by atoms with Crippen molar-refractivity contribution in [1.82, 2.24) is 26.6 Å². The lowest BCUT2D eigenvalue weighted by Crippen LogP contribution is -2.51. The third-order valence-corrected chi connectivity index (χ3v) is 11.0. The van der Waals surface area contributed by atoms with Gasteiger partial charge >= 0.3 is 29.9 Å². The predicted molar refractivity (Wildman–Crippen MR) is 258 cm³/mol. The number of fused-ring (bicyclic) bond motifs is 2. The van der Waals surface area contributed by atoms with E-state index in [1.54, 1.807) is 24.3 Å². The molecule has 70 heavy (non-hydrogen) atoms. The van der Waals surface area contributed by atoms with Crippen molar-refractivity contribution < 1.29 is 73.0 Å². The van der Waals surface area contributed by atoms with Gasteiger partial charge in [0.25, 0.3) is 0 Å². The van der Waals surface area contributed by atoms with E-state index in [-0.39, 0.29) is 78.1 Å². The van der Waals surface area contributed by atoms with Crippen molar-refractivity contribution in [2.24, 2.45) is 0 Å². The van der Waals surface area contributed by atoms with Gasteiger partial charge in [0.15, 0.2) is 10.5 Å². The highest BCUT2D eigenvalue weighted by Crippen LogP contribution is 2.42. The number of nitrogens with one attached hydrogen (secondary N) is 6. The lowest BCUT2D eigenvalue weighted by atomic mass is 9.90. The molecule has 4 rings (SSSR count). The van der Waals surface area contributed by atoms with E-state index in [9.17, 15) is 58.8 Å². The number of amides is 4. The van der Waals surface area contributed by atoms with E-state index in [1.807, 2.05) is 33.0 Å². The number of rotatable bonds is 27. The summed E-state index contributed by atoms with van der Waals surface area (Å²) in [5.74, 6) is -6.17. The Labute approximate surface area is 406 Å². The molecule has 0 bridgehead atoms. The fraction of sp³-hybridized carbons (Fsp3) is 0.426. The molecule has 0 saturated heterocycles. The molecule has 0 saturated carbocycles. The van der Waals surface area contributed by atoms with Crippen LogP contribution in [-0.4, -0.2) is 129 Å². The molecule has 2 aliphatic rings. The summed E-state index contributed by atoms with van der Waals surface area (Å²) in [5, 5.41) is 63.9. The summed E-state index contributed by atoms with van der Waals surface area (Å²) in [6.45, 7) is 8.55. The normalized spacial score (nSPS) is 12.3. The predicted octanol–water partition coefficient (Wildman–Crippen LogP) is 4.10. The Morgan fingerprint density at radius 2 is 1.29 bits per heavy atom. The second kappa shape index (κ2) is 25.3. The van der Waals surface area contributed by atoms with Gasteiger partial charge in [0, 0.05) is 73.2 Å². The van der Waals surface area contributed by atoms with Crippen LogP contribution < -0.4 is 37.3 Å². The van der Waals surface area contributed by atoms with Gasteiger partial charge in [-0.25, -0.2) is 19.2 Å². The number of carboxylic acid groups (broad SMARTS) is 4. The van der Waals surface area contributed by atoms with Gasteiger partial charge in [-0.05, 0) is 108 Å². The number of aromatic carboxylic acids is 1. The molecule has 1 aliphatic carbocycles. The molecular weight excluding hydrogens is 937 g/mol. The van der Waals surface area contributed by atoms with E-state index in [4.69, 9.17) is 31.2 Å². The van der Waals surface area contributed by atoms with Crippen LogP contribution in [0.3, 0.4) is 0 Å². The Balaban J connectivity index is 1.13. The highest BCUT2D eigenvalue weighted by Gasteiger charge is 2.27. The van der Waals surface area contributed by atoms with Crippen molar-refractivity contribution in [3.8, 4) is 28.2 Å². The molecule has 2 aromatic rings. The number of phenols is 1. The zero-order valence-electron chi connectivity index (χ0n) is 39.0. The van der Waals surface area contributed by atoms with Crippen molar-refractivity contribution in [3.63, 3.8) is 0 Å². The van der Waals surface area contributed by atoms with Crippen LogP contribution in [0.15, 0.2) is 63.8 Å².